The largest absolute Gasteiger partial charge is 0.326 e. The van der Waals surface area contributed by atoms with Crippen molar-refractivity contribution in [2.45, 2.75) is 50.7 Å². The molecule has 3 nitrogen and oxygen atoms in total. The van der Waals surface area contributed by atoms with Crippen molar-refractivity contribution >= 4 is 0 Å². The van der Waals surface area contributed by atoms with Gasteiger partial charge >= 0.3 is 0 Å². The van der Waals surface area contributed by atoms with Gasteiger partial charge in [0.2, 0.25) is 0 Å². The zero-order chi connectivity index (χ0) is 11.4. The minimum atomic E-state index is 0.287. The average Bonchev–Trinajstić information content (AvgIpc) is 2.33. The summed E-state index contributed by atoms with van der Waals surface area (Å²) in [7, 11) is 0. The molecule has 88 valence electrons. The Kier molecular flexibility index (Phi) is 3.91. The lowest BCUT2D eigenvalue weighted by atomic mass is 9.90. The zero-order valence-electron chi connectivity index (χ0n) is 9.89. The van der Waals surface area contributed by atoms with E-state index in [9.17, 15) is 0 Å². The molecule has 2 rings (SSSR count). The van der Waals surface area contributed by atoms with Crippen molar-refractivity contribution < 1.29 is 0 Å². The molecule has 16 heavy (non-hydrogen) atoms. The van der Waals surface area contributed by atoms with E-state index in [1.165, 1.54) is 19.3 Å². The smallest absolute Gasteiger partial charge is 0.0570 e. The predicted octanol–water partition coefficient (Wildman–Crippen LogP) is 2.00. The third-order valence-electron chi connectivity index (χ3n) is 3.41. The Morgan fingerprint density at radius 2 is 2.19 bits per heavy atom. The Morgan fingerprint density at radius 3 is 2.88 bits per heavy atom. The highest BCUT2D eigenvalue weighted by Crippen LogP contribution is 2.20. The fraction of sp³-hybridized carbons (Fsp3) is 0.615. The van der Waals surface area contributed by atoms with Crippen LogP contribution >= 0.6 is 0 Å². The normalized spacial score (nSPS) is 27.6. The summed E-state index contributed by atoms with van der Waals surface area (Å²) in [6, 6.07) is 7.08. The van der Waals surface area contributed by atoms with Gasteiger partial charge in [-0.3, -0.25) is 4.98 Å². The van der Waals surface area contributed by atoms with E-state index in [1.54, 1.807) is 0 Å². The molecule has 1 heterocycles. The van der Waals surface area contributed by atoms with E-state index in [1.807, 2.05) is 18.3 Å². The molecule has 1 aliphatic carbocycles. The standard InChI is InChI=1S/C13H21N3/c1-10(12-7-4-5-9-15-12)16-13-8-3-2-6-11(13)14/h4-5,7,9-11,13,16H,2-3,6,8,14H2,1H3/t10-,11-,13-/m0/s1. The maximum Gasteiger partial charge on any atom is 0.0570 e. The summed E-state index contributed by atoms with van der Waals surface area (Å²) in [6.07, 6.45) is 6.75. The van der Waals surface area contributed by atoms with E-state index >= 15 is 0 Å². The van der Waals surface area contributed by atoms with Gasteiger partial charge in [0, 0.05) is 24.3 Å². The van der Waals surface area contributed by atoms with Crippen LogP contribution in [0.2, 0.25) is 0 Å². The van der Waals surface area contributed by atoms with Crippen LogP contribution in [-0.4, -0.2) is 17.1 Å². The molecule has 0 spiro atoms. The second-order valence-electron chi connectivity index (χ2n) is 4.70. The molecule has 1 aliphatic rings. The van der Waals surface area contributed by atoms with Gasteiger partial charge in [-0.15, -0.1) is 0 Å². The Hall–Kier alpha value is -0.930. The van der Waals surface area contributed by atoms with Crippen LogP contribution < -0.4 is 11.1 Å². The van der Waals surface area contributed by atoms with Gasteiger partial charge < -0.3 is 11.1 Å². The third kappa shape index (κ3) is 2.80. The summed E-state index contributed by atoms with van der Waals surface area (Å²) in [4.78, 5) is 4.37. The van der Waals surface area contributed by atoms with Gasteiger partial charge in [-0.25, -0.2) is 0 Å². The summed E-state index contributed by atoms with van der Waals surface area (Å²) in [5.41, 5.74) is 7.22. The molecule has 0 bridgehead atoms. The van der Waals surface area contributed by atoms with Gasteiger partial charge in [0.05, 0.1) is 5.69 Å². The lowest BCUT2D eigenvalue weighted by Gasteiger charge is -2.31. The first kappa shape index (κ1) is 11.6. The van der Waals surface area contributed by atoms with Gasteiger partial charge in [-0.2, -0.15) is 0 Å². The van der Waals surface area contributed by atoms with Gasteiger partial charge in [-0.1, -0.05) is 18.9 Å². The van der Waals surface area contributed by atoms with Crippen LogP contribution in [0.1, 0.15) is 44.3 Å². The predicted molar refractivity (Wildman–Crippen MR) is 66.0 cm³/mol. The maximum absolute atomic E-state index is 6.12. The summed E-state index contributed by atoms with van der Waals surface area (Å²) in [5, 5.41) is 3.60. The molecular formula is C13H21N3. The molecule has 1 fully saturated rings. The molecule has 3 heteroatoms. The molecule has 1 aromatic rings. The minimum absolute atomic E-state index is 0.287. The molecule has 0 saturated heterocycles. The Balaban J connectivity index is 1.94. The highest BCUT2D eigenvalue weighted by atomic mass is 15.0. The number of rotatable bonds is 3. The second-order valence-corrected chi connectivity index (χ2v) is 4.70. The zero-order valence-corrected chi connectivity index (χ0v) is 9.89. The molecule has 0 radical (unpaired) electrons. The number of hydrogen-bond donors (Lipinski definition) is 2. The minimum Gasteiger partial charge on any atom is -0.326 e. The molecular weight excluding hydrogens is 198 g/mol. The average molecular weight is 219 g/mol. The number of aromatic nitrogens is 1. The second kappa shape index (κ2) is 5.41. The van der Waals surface area contributed by atoms with E-state index in [2.05, 4.69) is 23.3 Å². The van der Waals surface area contributed by atoms with Crippen LogP contribution in [0.15, 0.2) is 24.4 Å². The van der Waals surface area contributed by atoms with Gasteiger partial charge in [0.15, 0.2) is 0 Å². The topological polar surface area (TPSA) is 50.9 Å². The monoisotopic (exact) mass is 219 g/mol. The molecule has 0 aromatic carbocycles. The first-order valence-corrected chi connectivity index (χ1v) is 6.20. The Bertz CT molecular complexity index is 312. The van der Waals surface area contributed by atoms with Crippen molar-refractivity contribution in [2.24, 2.45) is 5.73 Å². The Morgan fingerprint density at radius 1 is 1.38 bits per heavy atom. The molecule has 1 saturated carbocycles. The number of hydrogen-bond acceptors (Lipinski definition) is 3. The van der Waals surface area contributed by atoms with Crippen molar-refractivity contribution in [3.63, 3.8) is 0 Å². The summed E-state index contributed by atoms with van der Waals surface area (Å²) in [5.74, 6) is 0. The maximum atomic E-state index is 6.12. The molecule has 0 aliphatic heterocycles. The van der Waals surface area contributed by atoms with Gasteiger partial charge in [0.1, 0.15) is 0 Å². The van der Waals surface area contributed by atoms with Crippen LogP contribution in [0.5, 0.6) is 0 Å². The quantitative estimate of drug-likeness (QED) is 0.817. The van der Waals surface area contributed by atoms with Crippen molar-refractivity contribution in [1.82, 2.24) is 10.3 Å². The van der Waals surface area contributed by atoms with Crippen molar-refractivity contribution in [2.75, 3.05) is 0 Å². The lowest BCUT2D eigenvalue weighted by molar-refractivity contribution is 0.305. The number of nitrogens with zero attached hydrogens (tertiary/aromatic N) is 1. The lowest BCUT2D eigenvalue weighted by Crippen LogP contribution is -2.47. The van der Waals surface area contributed by atoms with E-state index in [4.69, 9.17) is 5.73 Å². The first-order valence-electron chi connectivity index (χ1n) is 6.20. The summed E-state index contributed by atoms with van der Waals surface area (Å²) < 4.78 is 0. The van der Waals surface area contributed by atoms with Crippen molar-refractivity contribution in [3.05, 3.63) is 30.1 Å². The van der Waals surface area contributed by atoms with Crippen LogP contribution in [-0.2, 0) is 0 Å². The summed E-state index contributed by atoms with van der Waals surface area (Å²) in [6.45, 7) is 2.16. The summed E-state index contributed by atoms with van der Waals surface area (Å²) >= 11 is 0. The van der Waals surface area contributed by atoms with Crippen LogP contribution in [0.3, 0.4) is 0 Å². The first-order chi connectivity index (χ1) is 7.77. The molecule has 0 amide bonds. The number of nitrogens with two attached hydrogens (primary N) is 1. The SMILES string of the molecule is C[C@H](N[C@H]1CCCC[C@@H]1N)c1ccccn1. The van der Waals surface area contributed by atoms with E-state index < -0.39 is 0 Å². The third-order valence-corrected chi connectivity index (χ3v) is 3.41. The fourth-order valence-corrected chi connectivity index (χ4v) is 2.41. The van der Waals surface area contributed by atoms with Crippen LogP contribution in [0, 0.1) is 0 Å². The van der Waals surface area contributed by atoms with E-state index in [0.29, 0.717) is 12.1 Å². The van der Waals surface area contributed by atoms with Crippen molar-refractivity contribution in [1.29, 1.82) is 0 Å². The van der Waals surface area contributed by atoms with Gasteiger partial charge in [0.25, 0.3) is 0 Å². The van der Waals surface area contributed by atoms with E-state index in [0.717, 1.165) is 12.1 Å². The molecule has 0 unspecified atom stereocenters. The molecule has 3 atom stereocenters. The van der Waals surface area contributed by atoms with Crippen molar-refractivity contribution in [3.8, 4) is 0 Å². The Labute approximate surface area is 97.5 Å². The van der Waals surface area contributed by atoms with E-state index in [-0.39, 0.29) is 6.04 Å². The highest BCUT2D eigenvalue weighted by Gasteiger charge is 2.23. The molecule has 3 N–H and O–H groups in total. The van der Waals surface area contributed by atoms with Crippen LogP contribution in [0.25, 0.3) is 0 Å². The number of pyridine rings is 1. The number of nitrogens with one attached hydrogen (secondary N) is 1. The molecule has 1 aromatic heterocycles. The fourth-order valence-electron chi connectivity index (χ4n) is 2.41. The van der Waals surface area contributed by atoms with Crippen LogP contribution in [0.4, 0.5) is 0 Å². The van der Waals surface area contributed by atoms with Gasteiger partial charge in [-0.05, 0) is 31.9 Å². The highest BCUT2D eigenvalue weighted by molar-refractivity contribution is 5.08.